The van der Waals surface area contributed by atoms with Crippen LogP contribution >= 0.6 is 0 Å². The van der Waals surface area contributed by atoms with Gasteiger partial charge in [-0.3, -0.25) is 14.8 Å². The van der Waals surface area contributed by atoms with E-state index in [1.165, 1.54) is 0 Å². The van der Waals surface area contributed by atoms with E-state index in [2.05, 4.69) is 15.3 Å². The zero-order valence-electron chi connectivity index (χ0n) is 7.92. The molecule has 0 unspecified atom stereocenters. The van der Waals surface area contributed by atoms with E-state index in [1.54, 1.807) is 49.1 Å². The van der Waals surface area contributed by atoms with E-state index in [9.17, 15) is 4.79 Å². The number of anilines is 1. The van der Waals surface area contributed by atoms with Gasteiger partial charge < -0.3 is 5.32 Å². The van der Waals surface area contributed by atoms with Gasteiger partial charge in [0.05, 0.1) is 0 Å². The van der Waals surface area contributed by atoms with Gasteiger partial charge in [-0.15, -0.1) is 0 Å². The van der Waals surface area contributed by atoms with Crippen LogP contribution in [-0.2, 0) is 0 Å². The van der Waals surface area contributed by atoms with Gasteiger partial charge in [0, 0.05) is 36.0 Å². The largest absolute Gasteiger partial charge is 0.322 e. The lowest BCUT2D eigenvalue weighted by molar-refractivity contribution is 0.102. The van der Waals surface area contributed by atoms with E-state index in [1.807, 2.05) is 0 Å². The van der Waals surface area contributed by atoms with E-state index in [0.29, 0.717) is 5.56 Å². The fraction of sp³-hybridized carbons (Fsp3) is 0. The maximum Gasteiger partial charge on any atom is 0.255 e. The third-order valence-electron chi connectivity index (χ3n) is 1.88. The summed E-state index contributed by atoms with van der Waals surface area (Å²) in [4.78, 5) is 19.4. The van der Waals surface area contributed by atoms with Gasteiger partial charge in [-0.1, -0.05) is 0 Å². The molecule has 1 amide bonds. The number of hydrogen-bond acceptors (Lipinski definition) is 3. The fourth-order valence-electron chi connectivity index (χ4n) is 1.14. The summed E-state index contributed by atoms with van der Waals surface area (Å²) in [5, 5.41) is 2.75. The summed E-state index contributed by atoms with van der Waals surface area (Å²) < 4.78 is 0. The van der Waals surface area contributed by atoms with Crippen molar-refractivity contribution < 1.29 is 4.79 Å². The summed E-state index contributed by atoms with van der Waals surface area (Å²) in [7, 11) is 0. The molecule has 0 fully saturated rings. The van der Waals surface area contributed by atoms with Crippen molar-refractivity contribution in [3.8, 4) is 0 Å². The van der Waals surface area contributed by atoms with E-state index in [-0.39, 0.29) is 5.91 Å². The summed E-state index contributed by atoms with van der Waals surface area (Å²) in [6.45, 7) is 0. The van der Waals surface area contributed by atoms with Gasteiger partial charge in [-0.2, -0.15) is 0 Å². The number of hydrogen-bond donors (Lipinski definition) is 1. The highest BCUT2D eigenvalue weighted by molar-refractivity contribution is 6.04. The van der Waals surface area contributed by atoms with Crippen LogP contribution in [0.15, 0.2) is 49.1 Å². The molecule has 15 heavy (non-hydrogen) atoms. The molecule has 0 radical (unpaired) electrons. The van der Waals surface area contributed by atoms with Gasteiger partial charge in [0.15, 0.2) is 0 Å². The van der Waals surface area contributed by atoms with Crippen LogP contribution in [0.3, 0.4) is 0 Å². The highest BCUT2D eigenvalue weighted by Crippen LogP contribution is 2.06. The van der Waals surface area contributed by atoms with Crippen molar-refractivity contribution in [3.05, 3.63) is 54.6 Å². The van der Waals surface area contributed by atoms with Crippen LogP contribution < -0.4 is 5.32 Å². The Bertz CT molecular complexity index is 442. The van der Waals surface area contributed by atoms with Gasteiger partial charge in [0.2, 0.25) is 0 Å². The van der Waals surface area contributed by atoms with Crippen molar-refractivity contribution in [2.75, 3.05) is 5.32 Å². The minimum atomic E-state index is -0.149. The molecule has 2 aromatic heterocycles. The lowest BCUT2D eigenvalue weighted by atomic mass is 10.2. The minimum Gasteiger partial charge on any atom is -0.322 e. The summed E-state index contributed by atoms with van der Waals surface area (Å²) in [5.74, 6) is -0.149. The third-order valence-corrected chi connectivity index (χ3v) is 1.88. The predicted molar refractivity (Wildman–Crippen MR) is 56.4 cm³/mol. The van der Waals surface area contributed by atoms with Crippen LogP contribution in [0.4, 0.5) is 5.69 Å². The predicted octanol–water partition coefficient (Wildman–Crippen LogP) is 1.73. The molecule has 74 valence electrons. The molecule has 0 aliphatic carbocycles. The molecule has 0 saturated heterocycles. The molecular weight excluding hydrogens is 190 g/mol. The van der Waals surface area contributed by atoms with E-state index in [4.69, 9.17) is 0 Å². The quantitative estimate of drug-likeness (QED) is 0.801. The van der Waals surface area contributed by atoms with Crippen LogP contribution in [0.2, 0.25) is 0 Å². The van der Waals surface area contributed by atoms with E-state index >= 15 is 0 Å². The van der Waals surface area contributed by atoms with E-state index in [0.717, 1.165) is 5.69 Å². The molecular formula is C11H9N3O. The standard InChI is InChI=1S/C11H9N3O/c15-11(9-1-5-12-6-2-9)14-10-3-7-13-8-4-10/h1-8H,(H,13,14,15). The molecule has 0 aliphatic rings. The van der Waals surface area contributed by atoms with Gasteiger partial charge in [-0.05, 0) is 24.3 Å². The second kappa shape index (κ2) is 4.32. The second-order valence-electron chi connectivity index (χ2n) is 2.93. The Morgan fingerprint density at radius 1 is 0.933 bits per heavy atom. The Hall–Kier alpha value is -2.23. The van der Waals surface area contributed by atoms with Crippen molar-refractivity contribution in [3.63, 3.8) is 0 Å². The molecule has 0 bridgehead atoms. The SMILES string of the molecule is O=C(Nc1ccncc1)c1ccncc1. The van der Waals surface area contributed by atoms with Crippen molar-refractivity contribution in [2.24, 2.45) is 0 Å². The third kappa shape index (κ3) is 2.37. The van der Waals surface area contributed by atoms with Crippen LogP contribution in [0.5, 0.6) is 0 Å². The molecule has 4 nitrogen and oxygen atoms in total. The maximum atomic E-state index is 11.7. The molecule has 2 heterocycles. The van der Waals surface area contributed by atoms with E-state index < -0.39 is 0 Å². The normalized spacial score (nSPS) is 9.60. The zero-order valence-corrected chi connectivity index (χ0v) is 7.92. The topological polar surface area (TPSA) is 54.9 Å². The summed E-state index contributed by atoms with van der Waals surface area (Å²) in [6.07, 6.45) is 6.42. The highest BCUT2D eigenvalue weighted by atomic mass is 16.1. The number of aromatic nitrogens is 2. The molecule has 0 atom stereocenters. The summed E-state index contributed by atoms with van der Waals surface area (Å²) in [6, 6.07) is 6.80. The average Bonchev–Trinajstić information content (AvgIpc) is 2.31. The fourth-order valence-corrected chi connectivity index (χ4v) is 1.14. The molecule has 0 spiro atoms. The number of rotatable bonds is 2. The Kier molecular flexibility index (Phi) is 2.69. The second-order valence-corrected chi connectivity index (χ2v) is 2.93. The number of carbonyl (C=O) groups is 1. The van der Waals surface area contributed by atoms with Gasteiger partial charge in [-0.25, -0.2) is 0 Å². The van der Waals surface area contributed by atoms with Gasteiger partial charge in [0.25, 0.3) is 5.91 Å². The summed E-state index contributed by atoms with van der Waals surface area (Å²) >= 11 is 0. The Morgan fingerprint density at radius 2 is 1.47 bits per heavy atom. The Morgan fingerprint density at radius 3 is 2.07 bits per heavy atom. The van der Waals surface area contributed by atoms with Crippen LogP contribution in [-0.4, -0.2) is 15.9 Å². The van der Waals surface area contributed by atoms with Crippen LogP contribution in [0.1, 0.15) is 10.4 Å². The molecule has 0 aromatic carbocycles. The molecule has 1 N–H and O–H groups in total. The maximum absolute atomic E-state index is 11.7. The summed E-state index contributed by atoms with van der Waals surface area (Å²) in [5.41, 5.74) is 1.31. The average molecular weight is 199 g/mol. The number of nitrogens with one attached hydrogen (secondary N) is 1. The number of amides is 1. The Balaban J connectivity index is 2.12. The van der Waals surface area contributed by atoms with Crippen molar-refractivity contribution in [2.45, 2.75) is 0 Å². The monoisotopic (exact) mass is 199 g/mol. The van der Waals surface area contributed by atoms with Crippen LogP contribution in [0.25, 0.3) is 0 Å². The van der Waals surface area contributed by atoms with Gasteiger partial charge >= 0.3 is 0 Å². The molecule has 4 heteroatoms. The zero-order chi connectivity index (χ0) is 10.5. The van der Waals surface area contributed by atoms with Crippen molar-refractivity contribution in [1.29, 1.82) is 0 Å². The first-order chi connectivity index (χ1) is 7.36. The molecule has 0 saturated carbocycles. The smallest absolute Gasteiger partial charge is 0.255 e. The molecule has 2 rings (SSSR count). The molecule has 0 aliphatic heterocycles. The first-order valence-corrected chi connectivity index (χ1v) is 4.47. The first-order valence-electron chi connectivity index (χ1n) is 4.47. The van der Waals surface area contributed by atoms with Crippen LogP contribution in [0, 0.1) is 0 Å². The lowest BCUT2D eigenvalue weighted by Crippen LogP contribution is -2.11. The number of pyridine rings is 2. The number of carbonyl (C=O) groups excluding carboxylic acids is 1. The van der Waals surface area contributed by atoms with Crippen molar-refractivity contribution >= 4 is 11.6 Å². The van der Waals surface area contributed by atoms with Gasteiger partial charge in [0.1, 0.15) is 0 Å². The first kappa shape index (κ1) is 9.33. The van der Waals surface area contributed by atoms with Crippen molar-refractivity contribution in [1.82, 2.24) is 9.97 Å². The lowest BCUT2D eigenvalue weighted by Gasteiger charge is -2.03. The minimum absolute atomic E-state index is 0.149. The molecule has 2 aromatic rings. The number of nitrogens with zero attached hydrogens (tertiary/aromatic N) is 2. The Labute approximate surface area is 87.0 Å². The highest BCUT2D eigenvalue weighted by Gasteiger charge is 2.03.